The first-order chi connectivity index (χ1) is 16.2. The minimum Gasteiger partial charge on any atom is -0.454 e. The van der Waals surface area contributed by atoms with Gasteiger partial charge in [0.15, 0.2) is 11.5 Å². The van der Waals surface area contributed by atoms with Crippen LogP contribution in [-0.4, -0.2) is 66.0 Å². The molecule has 1 aromatic carbocycles. The Labute approximate surface area is 193 Å². The molecule has 3 aliphatic heterocycles. The fourth-order valence-corrected chi connectivity index (χ4v) is 4.67. The molecule has 2 saturated heterocycles. The molecule has 9 nitrogen and oxygen atoms in total. The second kappa shape index (κ2) is 8.38. The second-order valence-electron chi connectivity index (χ2n) is 8.62. The number of rotatable bonds is 4. The second-order valence-corrected chi connectivity index (χ2v) is 8.62. The van der Waals surface area contributed by atoms with E-state index in [1.165, 1.54) is 12.8 Å². The Morgan fingerprint density at radius 3 is 2.30 bits per heavy atom. The van der Waals surface area contributed by atoms with E-state index in [0.29, 0.717) is 6.79 Å². The van der Waals surface area contributed by atoms with Crippen molar-refractivity contribution in [3.8, 4) is 22.8 Å². The van der Waals surface area contributed by atoms with Crippen LogP contribution >= 0.6 is 0 Å². The molecule has 6 rings (SSSR count). The van der Waals surface area contributed by atoms with Crippen LogP contribution in [0.4, 0.5) is 17.6 Å². The SMILES string of the molecule is Cc1nc(N2CCCC2)ncc1-c1ccnc(N2CCN(c3ccc4c(c3)OCO4)CC2)n1. The molecule has 0 aliphatic carbocycles. The molecule has 2 aromatic heterocycles. The third-order valence-electron chi connectivity index (χ3n) is 6.56. The number of ether oxygens (including phenoxy) is 2. The van der Waals surface area contributed by atoms with Gasteiger partial charge in [-0.2, -0.15) is 0 Å². The Morgan fingerprint density at radius 2 is 1.48 bits per heavy atom. The van der Waals surface area contributed by atoms with Gasteiger partial charge in [0.05, 0.1) is 11.4 Å². The molecule has 3 aromatic rings. The van der Waals surface area contributed by atoms with E-state index in [1.807, 2.05) is 31.5 Å². The Hall–Kier alpha value is -3.62. The summed E-state index contributed by atoms with van der Waals surface area (Å²) in [6.45, 7) is 7.87. The van der Waals surface area contributed by atoms with Crippen molar-refractivity contribution in [1.82, 2.24) is 19.9 Å². The van der Waals surface area contributed by atoms with Gasteiger partial charge < -0.3 is 24.2 Å². The van der Waals surface area contributed by atoms with E-state index in [4.69, 9.17) is 19.4 Å². The van der Waals surface area contributed by atoms with Crippen LogP contribution in [0.2, 0.25) is 0 Å². The fourth-order valence-electron chi connectivity index (χ4n) is 4.67. The maximum absolute atomic E-state index is 5.53. The molecule has 2 fully saturated rings. The molecular formula is C24H27N7O2. The molecule has 33 heavy (non-hydrogen) atoms. The first-order valence-electron chi connectivity index (χ1n) is 11.6. The van der Waals surface area contributed by atoms with Gasteiger partial charge in [0.25, 0.3) is 0 Å². The van der Waals surface area contributed by atoms with Gasteiger partial charge in [-0.05, 0) is 38.0 Å². The Balaban J connectivity index is 1.16. The van der Waals surface area contributed by atoms with Crippen molar-refractivity contribution >= 4 is 17.6 Å². The molecule has 0 saturated carbocycles. The lowest BCUT2D eigenvalue weighted by Crippen LogP contribution is -2.47. The van der Waals surface area contributed by atoms with Crippen molar-refractivity contribution in [2.75, 3.05) is 60.8 Å². The summed E-state index contributed by atoms with van der Waals surface area (Å²) in [6, 6.07) is 8.07. The summed E-state index contributed by atoms with van der Waals surface area (Å²) < 4.78 is 11.0. The number of aryl methyl sites for hydroxylation is 1. The molecule has 0 atom stereocenters. The van der Waals surface area contributed by atoms with Gasteiger partial charge in [-0.15, -0.1) is 0 Å². The highest BCUT2D eigenvalue weighted by atomic mass is 16.7. The standard InChI is InChI=1S/C24H27N7O2/c1-17-19(15-26-24(27-17)30-8-2-3-9-30)20-6-7-25-23(28-20)31-12-10-29(11-13-31)18-4-5-21-22(14-18)33-16-32-21/h4-7,14-15H,2-3,8-13,16H2,1H3. The van der Waals surface area contributed by atoms with Gasteiger partial charge in [0.2, 0.25) is 18.7 Å². The molecule has 0 N–H and O–H groups in total. The lowest BCUT2D eigenvalue weighted by molar-refractivity contribution is 0.174. The monoisotopic (exact) mass is 445 g/mol. The number of hydrogen-bond acceptors (Lipinski definition) is 9. The third kappa shape index (κ3) is 3.88. The van der Waals surface area contributed by atoms with Gasteiger partial charge in [-0.1, -0.05) is 0 Å². The van der Waals surface area contributed by atoms with Crippen LogP contribution in [0.5, 0.6) is 11.5 Å². The first kappa shape index (κ1) is 20.0. The highest BCUT2D eigenvalue weighted by molar-refractivity contribution is 5.63. The van der Waals surface area contributed by atoms with Crippen molar-refractivity contribution < 1.29 is 9.47 Å². The molecule has 0 bridgehead atoms. The van der Waals surface area contributed by atoms with Crippen molar-refractivity contribution in [3.63, 3.8) is 0 Å². The predicted molar refractivity (Wildman–Crippen MR) is 126 cm³/mol. The van der Waals surface area contributed by atoms with Crippen molar-refractivity contribution in [3.05, 3.63) is 42.4 Å². The van der Waals surface area contributed by atoms with Gasteiger partial charge in [0.1, 0.15) is 0 Å². The summed E-state index contributed by atoms with van der Waals surface area (Å²) in [4.78, 5) is 25.6. The zero-order valence-corrected chi connectivity index (χ0v) is 18.8. The van der Waals surface area contributed by atoms with Gasteiger partial charge in [0, 0.05) is 69.0 Å². The van der Waals surface area contributed by atoms with Gasteiger partial charge >= 0.3 is 0 Å². The first-order valence-corrected chi connectivity index (χ1v) is 11.6. The van der Waals surface area contributed by atoms with E-state index in [9.17, 15) is 0 Å². The van der Waals surface area contributed by atoms with E-state index in [-0.39, 0.29) is 0 Å². The summed E-state index contributed by atoms with van der Waals surface area (Å²) >= 11 is 0. The third-order valence-corrected chi connectivity index (χ3v) is 6.56. The Morgan fingerprint density at radius 1 is 0.758 bits per heavy atom. The normalized spacial score (nSPS) is 17.7. The number of anilines is 3. The quantitative estimate of drug-likeness (QED) is 0.602. The smallest absolute Gasteiger partial charge is 0.231 e. The minimum atomic E-state index is 0.297. The zero-order valence-electron chi connectivity index (χ0n) is 18.8. The summed E-state index contributed by atoms with van der Waals surface area (Å²) in [5.74, 6) is 3.21. The maximum Gasteiger partial charge on any atom is 0.231 e. The van der Waals surface area contributed by atoms with E-state index in [1.54, 1.807) is 0 Å². The average Bonchev–Trinajstić information content (AvgIpc) is 3.56. The van der Waals surface area contributed by atoms with Crippen LogP contribution in [-0.2, 0) is 0 Å². The fraction of sp³-hybridized carbons (Fsp3) is 0.417. The van der Waals surface area contributed by atoms with Crippen LogP contribution in [0.3, 0.4) is 0 Å². The number of benzene rings is 1. The Bertz CT molecular complexity index is 1160. The van der Waals surface area contributed by atoms with E-state index in [2.05, 4.69) is 36.8 Å². The van der Waals surface area contributed by atoms with Gasteiger partial charge in [-0.3, -0.25) is 0 Å². The van der Waals surface area contributed by atoms with Crippen LogP contribution in [0.1, 0.15) is 18.5 Å². The zero-order chi connectivity index (χ0) is 22.2. The summed E-state index contributed by atoms with van der Waals surface area (Å²) in [6.07, 6.45) is 6.15. The van der Waals surface area contributed by atoms with E-state index >= 15 is 0 Å². The summed E-state index contributed by atoms with van der Waals surface area (Å²) in [7, 11) is 0. The molecule has 0 radical (unpaired) electrons. The Kier molecular flexibility index (Phi) is 5.09. The maximum atomic E-state index is 5.53. The molecule has 0 amide bonds. The largest absolute Gasteiger partial charge is 0.454 e. The number of hydrogen-bond donors (Lipinski definition) is 0. The molecule has 3 aliphatic rings. The molecule has 9 heteroatoms. The van der Waals surface area contributed by atoms with Crippen molar-refractivity contribution in [2.24, 2.45) is 0 Å². The number of fused-ring (bicyclic) bond motifs is 1. The lowest BCUT2D eigenvalue weighted by Gasteiger charge is -2.36. The molecule has 0 spiro atoms. The predicted octanol–water partition coefficient (Wildman–Crippen LogP) is 2.90. The highest BCUT2D eigenvalue weighted by Crippen LogP contribution is 2.36. The topological polar surface area (TPSA) is 79.7 Å². The number of aromatic nitrogens is 4. The molecule has 0 unspecified atom stereocenters. The van der Waals surface area contributed by atoms with Gasteiger partial charge in [-0.25, -0.2) is 19.9 Å². The molecule has 5 heterocycles. The van der Waals surface area contributed by atoms with Crippen LogP contribution in [0.25, 0.3) is 11.3 Å². The van der Waals surface area contributed by atoms with Crippen molar-refractivity contribution in [2.45, 2.75) is 19.8 Å². The number of piperazine rings is 1. The van der Waals surface area contributed by atoms with E-state index in [0.717, 1.165) is 85.3 Å². The number of nitrogens with zero attached hydrogens (tertiary/aromatic N) is 7. The highest BCUT2D eigenvalue weighted by Gasteiger charge is 2.22. The molecular weight excluding hydrogens is 418 g/mol. The molecule has 170 valence electrons. The van der Waals surface area contributed by atoms with E-state index < -0.39 is 0 Å². The van der Waals surface area contributed by atoms with Crippen LogP contribution < -0.4 is 24.2 Å². The summed E-state index contributed by atoms with van der Waals surface area (Å²) in [5, 5.41) is 0. The lowest BCUT2D eigenvalue weighted by atomic mass is 10.2. The summed E-state index contributed by atoms with van der Waals surface area (Å²) in [5.41, 5.74) is 3.92. The van der Waals surface area contributed by atoms with Crippen LogP contribution in [0, 0.1) is 6.92 Å². The van der Waals surface area contributed by atoms with Crippen LogP contribution in [0.15, 0.2) is 36.7 Å². The van der Waals surface area contributed by atoms with Crippen molar-refractivity contribution in [1.29, 1.82) is 0 Å². The average molecular weight is 446 g/mol. The minimum absolute atomic E-state index is 0.297.